The summed E-state index contributed by atoms with van der Waals surface area (Å²) in [6.45, 7) is 1.28. The third kappa shape index (κ3) is 8.56. The van der Waals surface area contributed by atoms with Gasteiger partial charge in [0.1, 0.15) is 35.8 Å². The summed E-state index contributed by atoms with van der Waals surface area (Å²) in [7, 11) is 0. The Hall–Kier alpha value is -3.68. The van der Waals surface area contributed by atoms with Crippen molar-refractivity contribution in [2.45, 2.75) is 106 Å². The van der Waals surface area contributed by atoms with E-state index in [-0.39, 0.29) is 13.2 Å². The molecule has 0 unspecified atom stereocenters. The number of ether oxygens (including phenoxy) is 2. The molecule has 16 heteroatoms. The Balaban J connectivity index is 0.948. The van der Waals surface area contributed by atoms with Crippen LogP contribution in [0.25, 0.3) is 0 Å². The Morgan fingerprint density at radius 2 is 0.918 bits per heavy atom. The normalized spacial score (nSPS) is 30.4. The summed E-state index contributed by atoms with van der Waals surface area (Å²) >= 11 is 0. The van der Waals surface area contributed by atoms with Crippen molar-refractivity contribution in [1.82, 2.24) is 30.0 Å². The number of nitrogens with two attached hydrogens (primary N) is 4. The summed E-state index contributed by atoms with van der Waals surface area (Å²) in [4.78, 5) is 0. The van der Waals surface area contributed by atoms with Gasteiger partial charge in [-0.3, -0.25) is 0 Å². The predicted molar refractivity (Wildman–Crippen MR) is 176 cm³/mol. The molecule has 2 saturated carbocycles. The fourth-order valence-corrected chi connectivity index (χ4v) is 6.48. The molecule has 2 aromatic heterocycles. The highest BCUT2D eigenvalue weighted by Gasteiger charge is 2.42. The van der Waals surface area contributed by atoms with Gasteiger partial charge in [0.05, 0.1) is 50.9 Å². The van der Waals surface area contributed by atoms with E-state index in [2.05, 4.69) is 69.2 Å². The van der Waals surface area contributed by atoms with Crippen LogP contribution in [0, 0.1) is 0 Å². The van der Waals surface area contributed by atoms with Crippen LogP contribution in [0.1, 0.15) is 46.5 Å². The van der Waals surface area contributed by atoms with E-state index in [1.807, 2.05) is 0 Å². The molecular formula is C33H46N10O6. The second-order valence-corrected chi connectivity index (χ2v) is 13.3. The van der Waals surface area contributed by atoms with Crippen molar-refractivity contribution in [2.24, 2.45) is 22.9 Å². The molecule has 0 amide bonds. The second kappa shape index (κ2) is 15.5. The van der Waals surface area contributed by atoms with E-state index in [0.717, 1.165) is 17.5 Å². The lowest BCUT2D eigenvalue weighted by molar-refractivity contribution is -0.132. The van der Waals surface area contributed by atoms with Crippen molar-refractivity contribution in [1.29, 1.82) is 0 Å². The Morgan fingerprint density at radius 3 is 1.31 bits per heavy atom. The molecule has 2 aliphatic rings. The molecule has 0 spiro atoms. The molecule has 6 rings (SSSR count). The number of hydrogen-bond acceptors (Lipinski definition) is 14. The summed E-state index contributed by atoms with van der Waals surface area (Å²) in [6.07, 6.45) is -0.902. The first kappa shape index (κ1) is 35.2. The Morgan fingerprint density at radius 1 is 0.551 bits per heavy atom. The molecule has 12 N–H and O–H groups in total. The Bertz CT molecular complexity index is 1520. The van der Waals surface area contributed by atoms with Crippen molar-refractivity contribution in [3.8, 4) is 0 Å². The number of hydrogen-bond donors (Lipinski definition) is 8. The van der Waals surface area contributed by atoms with Crippen molar-refractivity contribution in [3.05, 3.63) is 94.6 Å². The lowest BCUT2D eigenvalue weighted by atomic mass is 9.85. The van der Waals surface area contributed by atoms with Gasteiger partial charge in [0.15, 0.2) is 0 Å². The van der Waals surface area contributed by atoms with Crippen LogP contribution >= 0.6 is 0 Å². The van der Waals surface area contributed by atoms with Gasteiger partial charge in [0.25, 0.3) is 0 Å². The zero-order chi connectivity index (χ0) is 34.7. The van der Waals surface area contributed by atoms with Crippen LogP contribution in [0.5, 0.6) is 0 Å². The van der Waals surface area contributed by atoms with Crippen LogP contribution in [0.4, 0.5) is 0 Å². The molecule has 0 bridgehead atoms. The molecule has 264 valence electrons. The van der Waals surface area contributed by atoms with Crippen molar-refractivity contribution in [2.75, 3.05) is 0 Å². The first-order valence-electron chi connectivity index (χ1n) is 16.5. The summed E-state index contributed by atoms with van der Waals surface area (Å²) < 4.78 is 15.0. The molecule has 2 aliphatic carbocycles. The number of nitrogens with zero attached hydrogens (tertiary/aromatic N) is 6. The molecule has 2 heterocycles. The minimum Gasteiger partial charge on any atom is -0.389 e. The minimum absolute atomic E-state index is 0.106. The lowest BCUT2D eigenvalue weighted by Crippen LogP contribution is -2.61. The fraction of sp³-hybridized carbons (Fsp3) is 0.515. The monoisotopic (exact) mass is 678 g/mol. The molecule has 49 heavy (non-hydrogen) atoms. The highest BCUT2D eigenvalue weighted by atomic mass is 16.5. The molecule has 4 aromatic rings. The van der Waals surface area contributed by atoms with Crippen LogP contribution in [-0.4, -0.2) is 111 Å². The highest BCUT2D eigenvalue weighted by molar-refractivity contribution is 5.31. The molecule has 0 aliphatic heterocycles. The third-order valence-corrected chi connectivity index (χ3v) is 9.35. The molecule has 2 fully saturated rings. The fourth-order valence-electron chi connectivity index (χ4n) is 6.48. The van der Waals surface area contributed by atoms with Crippen molar-refractivity contribution >= 4 is 0 Å². The van der Waals surface area contributed by atoms with E-state index in [1.165, 1.54) is 11.1 Å². The van der Waals surface area contributed by atoms with Gasteiger partial charge in [-0.2, -0.15) is 0 Å². The first-order valence-corrected chi connectivity index (χ1v) is 16.5. The Labute approximate surface area is 283 Å². The van der Waals surface area contributed by atoms with E-state index in [1.54, 1.807) is 21.8 Å². The minimum atomic E-state index is -1.16. The van der Waals surface area contributed by atoms with E-state index < -0.39 is 60.8 Å². The summed E-state index contributed by atoms with van der Waals surface area (Å²) in [6, 6.07) is 14.5. The van der Waals surface area contributed by atoms with Gasteiger partial charge in [-0.1, -0.05) is 59.0 Å². The highest BCUT2D eigenvalue weighted by Crippen LogP contribution is 2.23. The molecule has 10 atom stereocenters. The number of aliphatic hydroxyl groups is 4. The maximum absolute atomic E-state index is 10.3. The quantitative estimate of drug-likeness (QED) is 0.0797. The van der Waals surface area contributed by atoms with Gasteiger partial charge in [-0.15, -0.1) is 10.2 Å². The summed E-state index contributed by atoms with van der Waals surface area (Å²) in [5.74, 6) is 0. The first-order chi connectivity index (χ1) is 23.5. The van der Waals surface area contributed by atoms with E-state index in [9.17, 15) is 20.4 Å². The van der Waals surface area contributed by atoms with E-state index in [0.29, 0.717) is 37.3 Å². The number of aliphatic hydroxyl groups excluding tert-OH is 4. The standard InChI is InChI=1S/C33H46N10O6/c34-24-10-26(36)32(30(46)28(24)44)48-16-22-14-42(40-38-22)12-20-5-1-18(2-6-20)9-19-3-7-21(8-4-19)13-43-15-23(39-41-43)17-49-33-27(37)11-25(35)29(45)31(33)47/h1-8,14-15,24-33,44-47H,9-13,16-17,34-37H2/t24-,25-,26+,27+,28+,29+,30-,31-,32-,33-/m1/s1. The van der Waals surface area contributed by atoms with Crippen molar-refractivity contribution in [3.63, 3.8) is 0 Å². The molecular weight excluding hydrogens is 632 g/mol. The maximum Gasteiger partial charge on any atom is 0.109 e. The van der Waals surface area contributed by atoms with Crippen LogP contribution in [0.3, 0.4) is 0 Å². The van der Waals surface area contributed by atoms with Crippen LogP contribution < -0.4 is 22.9 Å². The second-order valence-electron chi connectivity index (χ2n) is 13.3. The molecule has 2 aromatic carbocycles. The van der Waals surface area contributed by atoms with Gasteiger partial charge in [-0.05, 0) is 41.5 Å². The maximum atomic E-state index is 10.3. The average Bonchev–Trinajstić information content (AvgIpc) is 3.73. The van der Waals surface area contributed by atoms with Gasteiger partial charge >= 0.3 is 0 Å². The zero-order valence-corrected chi connectivity index (χ0v) is 27.1. The van der Waals surface area contributed by atoms with Crippen LogP contribution in [-0.2, 0) is 42.2 Å². The van der Waals surface area contributed by atoms with Crippen molar-refractivity contribution < 1.29 is 29.9 Å². The predicted octanol–water partition coefficient (Wildman–Crippen LogP) is -2.11. The third-order valence-electron chi connectivity index (χ3n) is 9.35. The largest absolute Gasteiger partial charge is 0.389 e. The van der Waals surface area contributed by atoms with Crippen LogP contribution in [0.2, 0.25) is 0 Å². The zero-order valence-electron chi connectivity index (χ0n) is 27.1. The molecule has 0 saturated heterocycles. The number of benzene rings is 2. The number of rotatable bonds is 12. The average molecular weight is 679 g/mol. The van der Waals surface area contributed by atoms with Gasteiger partial charge in [0, 0.05) is 24.2 Å². The Kier molecular flexibility index (Phi) is 11.1. The number of aromatic nitrogens is 6. The van der Waals surface area contributed by atoms with Crippen LogP contribution in [0.15, 0.2) is 60.9 Å². The van der Waals surface area contributed by atoms with Gasteiger partial charge in [-0.25, -0.2) is 9.36 Å². The lowest BCUT2D eigenvalue weighted by Gasteiger charge is -2.39. The topological polar surface area (TPSA) is 265 Å². The van der Waals surface area contributed by atoms with E-state index >= 15 is 0 Å². The molecule has 16 nitrogen and oxygen atoms in total. The molecule has 0 radical (unpaired) electrons. The smallest absolute Gasteiger partial charge is 0.109 e. The van der Waals surface area contributed by atoms with E-state index in [4.69, 9.17) is 32.4 Å². The summed E-state index contributed by atoms with van der Waals surface area (Å²) in [5, 5.41) is 57.4. The van der Waals surface area contributed by atoms with Gasteiger partial charge in [0.2, 0.25) is 0 Å². The SMILES string of the molecule is N[C@@H]1C[C@H](N)[C@@H](OCc2cn(Cc3ccc(Cc4ccc(Cn5cc(CO[C@H]6[C@H](O)[C@@H](O)[C@H](N)C[C@@H]6N)nn5)cc4)cc3)nn2)[C@H](O)[C@H]1O. The summed E-state index contributed by atoms with van der Waals surface area (Å²) in [5.41, 5.74) is 29.5. The van der Waals surface area contributed by atoms with Gasteiger partial charge < -0.3 is 52.8 Å².